The molecule has 1 atom stereocenters. The summed E-state index contributed by atoms with van der Waals surface area (Å²) in [5.74, 6) is 0.719. The van der Waals surface area contributed by atoms with E-state index in [9.17, 15) is 0 Å². The molecule has 0 saturated heterocycles. The molecule has 1 heterocycles. The molecule has 1 unspecified atom stereocenters. The predicted molar refractivity (Wildman–Crippen MR) is 92.6 cm³/mol. The third-order valence-electron chi connectivity index (χ3n) is 3.56. The van der Waals surface area contributed by atoms with Gasteiger partial charge in [-0.2, -0.15) is 0 Å². The molecular formula is C17H30N2S. The molecule has 0 aromatic carbocycles. The lowest BCUT2D eigenvalue weighted by Crippen LogP contribution is -2.02. The van der Waals surface area contributed by atoms with Crippen LogP contribution in [0.25, 0.3) is 0 Å². The van der Waals surface area contributed by atoms with Gasteiger partial charge in [-0.15, -0.1) is 6.58 Å². The summed E-state index contributed by atoms with van der Waals surface area (Å²) >= 11 is 5.00. The predicted octanol–water partition coefficient (Wildman–Crippen LogP) is 5.97. The van der Waals surface area contributed by atoms with Crippen LogP contribution in [0.4, 0.5) is 0 Å². The van der Waals surface area contributed by atoms with Crippen molar-refractivity contribution in [2.24, 2.45) is 5.92 Å². The van der Waals surface area contributed by atoms with Crippen LogP contribution in [0.3, 0.4) is 0 Å². The number of H-pyrrole nitrogens is 2. The van der Waals surface area contributed by atoms with E-state index in [1.54, 1.807) is 11.1 Å². The van der Waals surface area contributed by atoms with Crippen LogP contribution in [0.1, 0.15) is 59.6 Å². The fraction of sp³-hybridized carbons (Fsp3) is 0.588. The van der Waals surface area contributed by atoms with E-state index in [2.05, 4.69) is 37.3 Å². The van der Waals surface area contributed by atoms with E-state index in [-0.39, 0.29) is 0 Å². The Morgan fingerprint density at radius 1 is 1.40 bits per heavy atom. The van der Waals surface area contributed by atoms with Crippen LogP contribution in [0.5, 0.6) is 0 Å². The summed E-state index contributed by atoms with van der Waals surface area (Å²) in [5.41, 5.74) is 4.38. The SMILES string of the molecule is C=CCC.CC.CC1=C(C)C(Cc2c[nH]c(=S)[nH]2)CC1. The van der Waals surface area contributed by atoms with Gasteiger partial charge in [-0.3, -0.25) is 0 Å². The van der Waals surface area contributed by atoms with Crippen LogP contribution in [-0.4, -0.2) is 9.97 Å². The van der Waals surface area contributed by atoms with E-state index < -0.39 is 0 Å². The van der Waals surface area contributed by atoms with E-state index >= 15 is 0 Å². The van der Waals surface area contributed by atoms with E-state index in [1.807, 2.05) is 26.1 Å². The van der Waals surface area contributed by atoms with Gasteiger partial charge in [0.1, 0.15) is 0 Å². The zero-order valence-corrected chi connectivity index (χ0v) is 14.5. The Morgan fingerprint density at radius 2 is 2.00 bits per heavy atom. The fourth-order valence-electron chi connectivity index (χ4n) is 2.15. The van der Waals surface area contributed by atoms with Crippen LogP contribution in [-0.2, 0) is 6.42 Å². The number of aromatic nitrogens is 2. The van der Waals surface area contributed by atoms with Gasteiger partial charge in [0, 0.05) is 11.9 Å². The van der Waals surface area contributed by atoms with Gasteiger partial charge in [0.2, 0.25) is 0 Å². The number of allylic oxidation sites excluding steroid dienone is 3. The molecular weight excluding hydrogens is 264 g/mol. The minimum atomic E-state index is 0.719. The van der Waals surface area contributed by atoms with Crippen LogP contribution < -0.4 is 0 Å². The third-order valence-corrected chi connectivity index (χ3v) is 3.78. The molecule has 1 aromatic rings. The average Bonchev–Trinajstić information content (AvgIpc) is 3.02. The summed E-state index contributed by atoms with van der Waals surface area (Å²) in [6.07, 6.45) is 8.60. The molecule has 1 aliphatic carbocycles. The fourth-order valence-corrected chi connectivity index (χ4v) is 2.34. The number of hydrogen-bond donors (Lipinski definition) is 2. The van der Waals surface area contributed by atoms with Gasteiger partial charge >= 0.3 is 0 Å². The number of rotatable bonds is 3. The molecule has 0 bridgehead atoms. The first-order valence-electron chi connectivity index (χ1n) is 7.62. The molecule has 0 saturated carbocycles. The first-order valence-corrected chi connectivity index (χ1v) is 8.03. The van der Waals surface area contributed by atoms with Crippen molar-refractivity contribution in [2.45, 2.75) is 60.3 Å². The van der Waals surface area contributed by atoms with Gasteiger partial charge in [-0.1, -0.05) is 38.0 Å². The summed E-state index contributed by atoms with van der Waals surface area (Å²) in [4.78, 5) is 6.19. The molecule has 1 aromatic heterocycles. The van der Waals surface area contributed by atoms with Crippen molar-refractivity contribution in [3.05, 3.63) is 40.5 Å². The lowest BCUT2D eigenvalue weighted by atomic mass is 9.97. The lowest BCUT2D eigenvalue weighted by molar-refractivity contribution is 0.594. The maximum absolute atomic E-state index is 5.00. The van der Waals surface area contributed by atoms with E-state index in [0.29, 0.717) is 0 Å². The van der Waals surface area contributed by atoms with Crippen LogP contribution in [0.2, 0.25) is 0 Å². The van der Waals surface area contributed by atoms with Crippen LogP contribution in [0, 0.1) is 10.7 Å². The highest BCUT2D eigenvalue weighted by Crippen LogP contribution is 2.33. The van der Waals surface area contributed by atoms with Crippen molar-refractivity contribution in [2.75, 3.05) is 0 Å². The smallest absolute Gasteiger partial charge is 0.174 e. The molecule has 1 aliphatic rings. The van der Waals surface area contributed by atoms with Gasteiger partial charge < -0.3 is 9.97 Å². The van der Waals surface area contributed by atoms with Crippen molar-refractivity contribution in [3.63, 3.8) is 0 Å². The topological polar surface area (TPSA) is 31.6 Å². The van der Waals surface area contributed by atoms with Crippen molar-refractivity contribution in [1.82, 2.24) is 9.97 Å². The highest BCUT2D eigenvalue weighted by atomic mass is 32.1. The molecule has 0 amide bonds. The standard InChI is InChI=1S/C11H16N2S.C4H8.C2H6/c1-7-3-4-9(8(7)2)5-10-6-12-11(14)13-10;1-3-4-2;1-2/h6,9H,3-5H2,1-2H3,(H2,12,13,14);3H,1,4H2,2H3;1-2H3. The van der Waals surface area contributed by atoms with Gasteiger partial charge in [0.05, 0.1) is 0 Å². The Kier molecular flexibility index (Phi) is 10.1. The molecule has 114 valence electrons. The monoisotopic (exact) mass is 294 g/mol. The Bertz CT molecular complexity index is 465. The first kappa shape index (κ1) is 18.9. The van der Waals surface area contributed by atoms with E-state index in [0.717, 1.165) is 23.5 Å². The molecule has 2 nitrogen and oxygen atoms in total. The lowest BCUT2D eigenvalue weighted by Gasteiger charge is -2.09. The minimum absolute atomic E-state index is 0.719. The summed E-state index contributed by atoms with van der Waals surface area (Å²) in [6.45, 7) is 14.0. The number of imidazole rings is 1. The van der Waals surface area contributed by atoms with Gasteiger partial charge in [-0.05, 0) is 57.7 Å². The second-order valence-electron chi connectivity index (χ2n) is 4.87. The van der Waals surface area contributed by atoms with Gasteiger partial charge in [0.25, 0.3) is 0 Å². The molecule has 3 heteroatoms. The van der Waals surface area contributed by atoms with Gasteiger partial charge in [0.15, 0.2) is 4.77 Å². The normalized spacial score (nSPS) is 16.9. The number of hydrogen-bond acceptors (Lipinski definition) is 1. The Labute approximate surface area is 129 Å². The molecule has 0 spiro atoms. The van der Waals surface area contributed by atoms with Crippen LogP contribution in [0.15, 0.2) is 30.0 Å². The van der Waals surface area contributed by atoms with Crippen molar-refractivity contribution >= 4 is 12.2 Å². The average molecular weight is 295 g/mol. The molecule has 0 radical (unpaired) electrons. The summed E-state index contributed by atoms with van der Waals surface area (Å²) in [7, 11) is 0. The van der Waals surface area contributed by atoms with E-state index in [1.165, 1.54) is 18.5 Å². The Morgan fingerprint density at radius 3 is 2.35 bits per heavy atom. The second-order valence-corrected chi connectivity index (χ2v) is 5.28. The van der Waals surface area contributed by atoms with Crippen molar-refractivity contribution in [1.29, 1.82) is 0 Å². The second kappa shape index (κ2) is 10.7. The van der Waals surface area contributed by atoms with Gasteiger partial charge in [-0.25, -0.2) is 0 Å². The summed E-state index contributed by atoms with van der Waals surface area (Å²) in [6, 6.07) is 0. The molecule has 0 aliphatic heterocycles. The van der Waals surface area contributed by atoms with Crippen molar-refractivity contribution in [3.8, 4) is 0 Å². The van der Waals surface area contributed by atoms with E-state index in [4.69, 9.17) is 12.2 Å². The zero-order chi connectivity index (χ0) is 15.5. The Balaban J connectivity index is 0.000000521. The highest BCUT2D eigenvalue weighted by Gasteiger charge is 2.20. The largest absolute Gasteiger partial charge is 0.337 e. The maximum Gasteiger partial charge on any atom is 0.174 e. The highest BCUT2D eigenvalue weighted by molar-refractivity contribution is 7.71. The third kappa shape index (κ3) is 6.38. The van der Waals surface area contributed by atoms with Crippen LogP contribution >= 0.6 is 12.2 Å². The Hall–Kier alpha value is -1.09. The summed E-state index contributed by atoms with van der Waals surface area (Å²) < 4.78 is 0.733. The zero-order valence-electron chi connectivity index (χ0n) is 13.7. The quantitative estimate of drug-likeness (QED) is 0.522. The molecule has 2 N–H and O–H groups in total. The van der Waals surface area contributed by atoms with Crippen molar-refractivity contribution < 1.29 is 0 Å². The molecule has 0 fully saturated rings. The molecule has 20 heavy (non-hydrogen) atoms. The first-order chi connectivity index (χ1) is 9.58. The maximum atomic E-state index is 5.00. The molecule has 2 rings (SSSR count). The number of aromatic amines is 2. The summed E-state index contributed by atoms with van der Waals surface area (Å²) in [5, 5.41) is 0. The number of nitrogens with one attached hydrogen (secondary N) is 2. The minimum Gasteiger partial charge on any atom is -0.337 e.